The molecule has 2 aliphatic rings. The van der Waals surface area contributed by atoms with E-state index in [1.807, 2.05) is 0 Å². The molecule has 0 nitrogen and oxygen atoms in total. The van der Waals surface area contributed by atoms with Crippen molar-refractivity contribution in [1.29, 1.82) is 0 Å². The Bertz CT molecular complexity index is 361. The first kappa shape index (κ1) is 27.6. The largest absolute Gasteiger partial charge is 0.148 e. The molecule has 2 fully saturated rings. The summed E-state index contributed by atoms with van der Waals surface area (Å²) in [6.45, 7) is 4.70. The third kappa shape index (κ3) is 11.4. The van der Waals surface area contributed by atoms with Crippen molar-refractivity contribution in [2.45, 2.75) is 190 Å². The monoisotopic (exact) mass is 450 g/mol. The van der Waals surface area contributed by atoms with Crippen molar-refractivity contribution < 1.29 is 0 Å². The summed E-state index contributed by atoms with van der Waals surface area (Å²) >= 11 is 2.61. The Hall–Kier alpha value is 0.350. The van der Waals surface area contributed by atoms with Gasteiger partial charge in [-0.15, -0.1) is 11.8 Å². The number of hydrogen-bond donors (Lipinski definition) is 0. The predicted molar refractivity (Wildman–Crippen MR) is 144 cm³/mol. The van der Waals surface area contributed by atoms with Gasteiger partial charge in [-0.2, -0.15) is 0 Å². The number of unbranched alkanes of at least 4 members (excludes halogenated alkanes) is 8. The van der Waals surface area contributed by atoms with Crippen LogP contribution in [0, 0.1) is 0 Å². The number of rotatable bonds is 14. The highest BCUT2D eigenvalue weighted by Crippen LogP contribution is 2.54. The van der Waals surface area contributed by atoms with E-state index in [0.29, 0.717) is 9.49 Å². The van der Waals surface area contributed by atoms with Crippen LogP contribution in [-0.4, -0.2) is 9.49 Å². The zero-order valence-corrected chi connectivity index (χ0v) is 22.6. The lowest BCUT2D eigenvalue weighted by Crippen LogP contribution is -2.37. The summed E-state index contributed by atoms with van der Waals surface area (Å²) in [5.74, 6) is 0. The van der Waals surface area contributed by atoms with Gasteiger partial charge in [0, 0.05) is 9.49 Å². The van der Waals surface area contributed by atoms with E-state index in [0.717, 1.165) is 0 Å². The molecular weight excluding hydrogens is 392 g/mol. The highest BCUT2D eigenvalue weighted by atomic mass is 32.2. The molecule has 0 heterocycles. The minimum absolute atomic E-state index is 0.620. The Morgan fingerprint density at radius 2 is 0.742 bits per heavy atom. The van der Waals surface area contributed by atoms with Crippen molar-refractivity contribution in [3.63, 3.8) is 0 Å². The fraction of sp³-hybridized carbons (Fsp3) is 1.00. The van der Waals surface area contributed by atoms with Crippen LogP contribution in [0.2, 0.25) is 0 Å². The molecule has 0 N–H and O–H groups in total. The van der Waals surface area contributed by atoms with Crippen LogP contribution in [-0.2, 0) is 0 Å². The van der Waals surface area contributed by atoms with Gasteiger partial charge in [0.1, 0.15) is 0 Å². The molecule has 0 atom stereocenters. The third-order valence-corrected chi connectivity index (χ3v) is 10.5. The summed E-state index contributed by atoms with van der Waals surface area (Å²) in [4.78, 5) is 0. The van der Waals surface area contributed by atoms with Crippen molar-refractivity contribution >= 4 is 11.8 Å². The molecule has 0 bridgehead atoms. The van der Waals surface area contributed by atoms with Gasteiger partial charge < -0.3 is 0 Å². The van der Waals surface area contributed by atoms with Gasteiger partial charge in [-0.1, -0.05) is 142 Å². The first-order chi connectivity index (χ1) is 15.2. The van der Waals surface area contributed by atoms with E-state index < -0.39 is 0 Å². The first-order valence-corrected chi connectivity index (χ1v) is 15.8. The molecule has 0 amide bonds. The first-order valence-electron chi connectivity index (χ1n) is 14.9. The summed E-state index contributed by atoms with van der Waals surface area (Å²) in [5.41, 5.74) is 0. The molecule has 2 rings (SSSR count). The summed E-state index contributed by atoms with van der Waals surface area (Å²) in [5, 5.41) is 0. The second-order valence-electron chi connectivity index (χ2n) is 11.3. The Labute approximate surface area is 201 Å². The summed E-state index contributed by atoms with van der Waals surface area (Å²) < 4.78 is 1.24. The van der Waals surface area contributed by atoms with Crippen LogP contribution in [0.15, 0.2) is 0 Å². The topological polar surface area (TPSA) is 0 Å². The SMILES string of the molecule is CCCCCCCC1(SC2(CCCCCCC)CCCCCCC2)CCCCCCC1. The molecule has 0 aromatic rings. The molecule has 0 radical (unpaired) electrons. The lowest BCUT2D eigenvalue weighted by atomic mass is 9.85. The average Bonchev–Trinajstić information content (AvgIpc) is 2.73. The van der Waals surface area contributed by atoms with Gasteiger partial charge in [-0.25, -0.2) is 0 Å². The van der Waals surface area contributed by atoms with Crippen LogP contribution in [0.25, 0.3) is 0 Å². The van der Waals surface area contributed by atoms with Gasteiger partial charge in [0.15, 0.2) is 0 Å². The zero-order chi connectivity index (χ0) is 22.1. The molecule has 31 heavy (non-hydrogen) atoms. The van der Waals surface area contributed by atoms with Crippen molar-refractivity contribution in [1.82, 2.24) is 0 Å². The highest BCUT2D eigenvalue weighted by Gasteiger charge is 2.40. The van der Waals surface area contributed by atoms with Gasteiger partial charge >= 0.3 is 0 Å². The van der Waals surface area contributed by atoms with Crippen LogP contribution >= 0.6 is 11.8 Å². The number of hydrogen-bond acceptors (Lipinski definition) is 1. The normalized spacial score (nSPS) is 22.3. The maximum atomic E-state index is 2.61. The molecular formula is C30H58S. The molecule has 184 valence electrons. The van der Waals surface area contributed by atoms with Crippen molar-refractivity contribution in [3.05, 3.63) is 0 Å². The van der Waals surface area contributed by atoms with Crippen molar-refractivity contribution in [2.24, 2.45) is 0 Å². The Kier molecular flexibility index (Phi) is 15.0. The standard InChI is InChI=1S/C30H58S/c1-3-5-7-11-17-23-29(25-19-13-9-14-20-26-29)31-30(24-18-12-8-6-4-2)27-21-15-10-16-22-28-30/h3-28H2,1-2H3. The van der Waals surface area contributed by atoms with E-state index in [4.69, 9.17) is 0 Å². The van der Waals surface area contributed by atoms with E-state index in [-0.39, 0.29) is 0 Å². The van der Waals surface area contributed by atoms with Crippen molar-refractivity contribution in [3.8, 4) is 0 Å². The highest BCUT2D eigenvalue weighted by molar-refractivity contribution is 8.02. The lowest BCUT2D eigenvalue weighted by molar-refractivity contribution is 0.352. The molecule has 2 aliphatic carbocycles. The minimum Gasteiger partial charge on any atom is -0.148 e. The molecule has 1 heteroatoms. The molecule has 0 saturated heterocycles. The third-order valence-electron chi connectivity index (χ3n) is 8.43. The Balaban J connectivity index is 2.07. The van der Waals surface area contributed by atoms with Gasteiger partial charge in [0.05, 0.1) is 0 Å². The quantitative estimate of drug-likeness (QED) is 0.237. The van der Waals surface area contributed by atoms with Gasteiger partial charge in [0.2, 0.25) is 0 Å². The molecule has 0 unspecified atom stereocenters. The molecule has 0 spiro atoms. The fourth-order valence-electron chi connectivity index (χ4n) is 6.47. The Morgan fingerprint density at radius 3 is 1.10 bits per heavy atom. The maximum absolute atomic E-state index is 2.61. The van der Waals surface area contributed by atoms with Gasteiger partial charge in [0.25, 0.3) is 0 Å². The average molecular weight is 451 g/mol. The van der Waals surface area contributed by atoms with Crippen LogP contribution in [0.3, 0.4) is 0 Å². The van der Waals surface area contributed by atoms with Crippen LogP contribution < -0.4 is 0 Å². The predicted octanol–water partition coefficient (Wildman–Crippen LogP) is 11.4. The van der Waals surface area contributed by atoms with E-state index in [1.165, 1.54) is 167 Å². The summed E-state index contributed by atoms with van der Waals surface area (Å²) in [6, 6.07) is 0. The Morgan fingerprint density at radius 1 is 0.419 bits per heavy atom. The molecule has 2 saturated carbocycles. The summed E-state index contributed by atoms with van der Waals surface area (Å²) in [6.07, 6.45) is 38.8. The van der Waals surface area contributed by atoms with Crippen LogP contribution in [0.4, 0.5) is 0 Å². The molecule has 0 aliphatic heterocycles. The van der Waals surface area contributed by atoms with Crippen LogP contribution in [0.5, 0.6) is 0 Å². The van der Waals surface area contributed by atoms with E-state index >= 15 is 0 Å². The second kappa shape index (κ2) is 16.9. The van der Waals surface area contributed by atoms with E-state index in [2.05, 4.69) is 25.6 Å². The summed E-state index contributed by atoms with van der Waals surface area (Å²) in [7, 11) is 0. The number of thioether (sulfide) groups is 1. The smallest absolute Gasteiger partial charge is 0.0165 e. The fourth-order valence-corrected chi connectivity index (χ4v) is 8.86. The lowest BCUT2D eigenvalue weighted by Gasteiger charge is -2.46. The maximum Gasteiger partial charge on any atom is 0.0165 e. The van der Waals surface area contributed by atoms with E-state index in [1.54, 1.807) is 0 Å². The zero-order valence-electron chi connectivity index (χ0n) is 21.8. The second-order valence-corrected chi connectivity index (χ2v) is 13.3. The van der Waals surface area contributed by atoms with Crippen molar-refractivity contribution in [2.75, 3.05) is 0 Å². The van der Waals surface area contributed by atoms with E-state index in [9.17, 15) is 0 Å². The molecule has 0 aromatic heterocycles. The van der Waals surface area contributed by atoms with Crippen LogP contribution in [0.1, 0.15) is 181 Å². The minimum atomic E-state index is 0.620. The van der Waals surface area contributed by atoms with Gasteiger partial charge in [-0.3, -0.25) is 0 Å². The molecule has 0 aromatic carbocycles. The van der Waals surface area contributed by atoms with Gasteiger partial charge in [-0.05, 0) is 38.5 Å².